The van der Waals surface area contributed by atoms with Crippen LogP contribution in [0.25, 0.3) is 0 Å². The first kappa shape index (κ1) is 10.4. The molecule has 0 saturated heterocycles. The fourth-order valence-electron chi connectivity index (χ4n) is 0.740. The molecule has 0 aliphatic heterocycles. The molecule has 1 aromatic rings. The van der Waals surface area contributed by atoms with Crippen LogP contribution in [0.1, 0.15) is 5.56 Å². The number of rotatable bonds is 0. The molecular weight excluding hydrogens is 228 g/mol. The largest absolute Gasteiger partial charge is 0.419 e. The van der Waals surface area contributed by atoms with Gasteiger partial charge in [-0.05, 0) is 0 Å². The predicted octanol–water partition coefficient (Wildman–Crippen LogP) is 2.99. The number of nitrogens with two attached hydrogens (primary N) is 1. The molecule has 0 bridgehead atoms. The third-order valence-corrected chi connectivity index (χ3v) is 1.95. The summed E-state index contributed by atoms with van der Waals surface area (Å²) in [5.41, 5.74) is 3.93. The third kappa shape index (κ3) is 1.97. The van der Waals surface area contributed by atoms with Crippen LogP contribution in [0, 0.1) is 0 Å². The van der Waals surface area contributed by atoms with E-state index in [4.69, 9.17) is 28.9 Å². The highest BCUT2D eigenvalue weighted by Crippen LogP contribution is 2.40. The lowest BCUT2D eigenvalue weighted by atomic mass is 10.2. The number of nitrogens with zero attached hydrogens (tertiary/aromatic N) is 1. The summed E-state index contributed by atoms with van der Waals surface area (Å²) < 4.78 is 36.7. The minimum atomic E-state index is -4.62. The van der Waals surface area contributed by atoms with Crippen LogP contribution >= 0.6 is 23.2 Å². The zero-order valence-corrected chi connectivity index (χ0v) is 7.50. The number of hydrogen-bond donors (Lipinski definition) is 1. The molecule has 2 N–H and O–H groups in total. The number of halogens is 5. The molecule has 1 heterocycles. The first-order valence-corrected chi connectivity index (χ1v) is 3.76. The van der Waals surface area contributed by atoms with Gasteiger partial charge in [-0.3, -0.25) is 0 Å². The quantitative estimate of drug-likeness (QED) is 0.745. The molecule has 0 fully saturated rings. The number of nitrogen functional groups attached to an aromatic ring is 1. The van der Waals surface area contributed by atoms with Crippen molar-refractivity contribution in [3.63, 3.8) is 0 Å². The fraction of sp³-hybridized carbons (Fsp3) is 0.167. The second kappa shape index (κ2) is 3.23. The van der Waals surface area contributed by atoms with E-state index in [9.17, 15) is 13.2 Å². The monoisotopic (exact) mass is 230 g/mol. The minimum absolute atomic E-state index is 0.390. The van der Waals surface area contributed by atoms with Crippen molar-refractivity contribution in [2.24, 2.45) is 0 Å². The van der Waals surface area contributed by atoms with Gasteiger partial charge in [0.2, 0.25) is 0 Å². The number of alkyl halides is 3. The topological polar surface area (TPSA) is 38.9 Å². The summed E-state index contributed by atoms with van der Waals surface area (Å²) in [7, 11) is 0. The Kier molecular flexibility index (Phi) is 2.58. The van der Waals surface area contributed by atoms with Crippen molar-refractivity contribution in [2.45, 2.75) is 6.18 Å². The maximum absolute atomic E-state index is 12.2. The maximum Gasteiger partial charge on any atom is 0.419 e. The van der Waals surface area contributed by atoms with Gasteiger partial charge in [0, 0.05) is 6.20 Å². The van der Waals surface area contributed by atoms with Crippen LogP contribution in [0.15, 0.2) is 6.20 Å². The summed E-state index contributed by atoms with van der Waals surface area (Å²) in [5, 5.41) is -1.23. The number of pyridine rings is 1. The van der Waals surface area contributed by atoms with Gasteiger partial charge in [-0.15, -0.1) is 0 Å². The molecular formula is C6H3Cl2F3N2. The van der Waals surface area contributed by atoms with Crippen molar-refractivity contribution in [1.82, 2.24) is 4.98 Å². The zero-order valence-electron chi connectivity index (χ0n) is 5.99. The van der Waals surface area contributed by atoms with Crippen molar-refractivity contribution in [3.8, 4) is 0 Å². The summed E-state index contributed by atoms with van der Waals surface area (Å²) in [6, 6.07) is 0. The molecule has 13 heavy (non-hydrogen) atoms. The molecule has 0 aliphatic rings. The van der Waals surface area contributed by atoms with Gasteiger partial charge in [0.05, 0.1) is 15.6 Å². The van der Waals surface area contributed by atoms with Gasteiger partial charge in [-0.2, -0.15) is 13.2 Å². The Labute approximate surface area is 81.5 Å². The van der Waals surface area contributed by atoms with E-state index < -0.39 is 27.6 Å². The van der Waals surface area contributed by atoms with Gasteiger partial charge in [0.15, 0.2) is 0 Å². The van der Waals surface area contributed by atoms with E-state index in [2.05, 4.69) is 4.98 Å². The lowest BCUT2D eigenvalue weighted by Crippen LogP contribution is -2.09. The highest BCUT2D eigenvalue weighted by Gasteiger charge is 2.37. The normalized spacial score (nSPS) is 11.8. The molecule has 0 atom stereocenters. The van der Waals surface area contributed by atoms with Gasteiger partial charge in [0.25, 0.3) is 0 Å². The molecule has 0 aromatic carbocycles. The van der Waals surface area contributed by atoms with E-state index in [1.807, 2.05) is 0 Å². The molecule has 72 valence electrons. The van der Waals surface area contributed by atoms with Crippen LogP contribution in [0.3, 0.4) is 0 Å². The highest BCUT2D eigenvalue weighted by molar-refractivity contribution is 6.37. The van der Waals surface area contributed by atoms with Crippen molar-refractivity contribution in [3.05, 3.63) is 21.8 Å². The standard InChI is InChI=1S/C6H3Cl2F3N2/c7-2-1-13-5(12)4(8)3(2)6(9,10)11/h1H,(H2,12,13). The summed E-state index contributed by atoms with van der Waals surface area (Å²) in [6.07, 6.45) is -3.81. The van der Waals surface area contributed by atoms with E-state index >= 15 is 0 Å². The number of anilines is 1. The van der Waals surface area contributed by atoms with Crippen LogP contribution in [-0.2, 0) is 6.18 Å². The fourth-order valence-corrected chi connectivity index (χ4v) is 1.30. The van der Waals surface area contributed by atoms with Crippen LogP contribution in [-0.4, -0.2) is 4.98 Å². The summed E-state index contributed by atoms with van der Waals surface area (Å²) in [4.78, 5) is 3.37. The molecule has 7 heteroatoms. The Morgan fingerprint density at radius 2 is 1.85 bits per heavy atom. The first-order chi connectivity index (χ1) is 5.84. The summed E-state index contributed by atoms with van der Waals surface area (Å²) in [5.74, 6) is -0.390. The van der Waals surface area contributed by atoms with Gasteiger partial charge in [0.1, 0.15) is 5.82 Å². The number of aromatic nitrogens is 1. The van der Waals surface area contributed by atoms with E-state index in [0.717, 1.165) is 6.20 Å². The molecule has 0 saturated carbocycles. The smallest absolute Gasteiger partial charge is 0.382 e. The van der Waals surface area contributed by atoms with Crippen LogP contribution < -0.4 is 5.73 Å². The van der Waals surface area contributed by atoms with E-state index in [0.29, 0.717) is 0 Å². The third-order valence-electron chi connectivity index (χ3n) is 1.28. The van der Waals surface area contributed by atoms with Gasteiger partial charge >= 0.3 is 6.18 Å². The highest BCUT2D eigenvalue weighted by atomic mass is 35.5. The average Bonchev–Trinajstić information content (AvgIpc) is 1.95. The maximum atomic E-state index is 12.2. The van der Waals surface area contributed by atoms with Crippen molar-refractivity contribution in [1.29, 1.82) is 0 Å². The molecule has 0 radical (unpaired) electrons. The summed E-state index contributed by atoms with van der Waals surface area (Å²) in [6.45, 7) is 0. The molecule has 0 unspecified atom stereocenters. The Balaban J connectivity index is 3.43. The molecule has 2 nitrogen and oxygen atoms in total. The van der Waals surface area contributed by atoms with Crippen LogP contribution in [0.2, 0.25) is 10.0 Å². The second-order valence-electron chi connectivity index (χ2n) is 2.18. The zero-order chi connectivity index (χ0) is 10.2. The van der Waals surface area contributed by atoms with Crippen molar-refractivity contribution < 1.29 is 13.2 Å². The van der Waals surface area contributed by atoms with Gasteiger partial charge < -0.3 is 5.73 Å². The van der Waals surface area contributed by atoms with Crippen LogP contribution in [0.5, 0.6) is 0 Å². The Bertz CT molecular complexity index is 337. The lowest BCUT2D eigenvalue weighted by molar-refractivity contribution is -0.137. The minimum Gasteiger partial charge on any atom is -0.382 e. The van der Waals surface area contributed by atoms with E-state index in [1.165, 1.54) is 0 Å². The number of hydrogen-bond acceptors (Lipinski definition) is 2. The van der Waals surface area contributed by atoms with Gasteiger partial charge in [-0.1, -0.05) is 23.2 Å². The molecule has 0 aliphatic carbocycles. The molecule has 0 amide bonds. The first-order valence-electron chi connectivity index (χ1n) is 3.00. The second-order valence-corrected chi connectivity index (χ2v) is 2.96. The van der Waals surface area contributed by atoms with E-state index in [1.54, 1.807) is 0 Å². The SMILES string of the molecule is Nc1ncc(Cl)c(C(F)(F)F)c1Cl. The van der Waals surface area contributed by atoms with Crippen molar-refractivity contribution in [2.75, 3.05) is 5.73 Å². The van der Waals surface area contributed by atoms with Gasteiger partial charge in [-0.25, -0.2) is 4.98 Å². The average molecular weight is 231 g/mol. The predicted molar refractivity (Wildman–Crippen MR) is 43.7 cm³/mol. The Morgan fingerprint density at radius 3 is 2.23 bits per heavy atom. The Morgan fingerprint density at radius 1 is 1.31 bits per heavy atom. The Hall–Kier alpha value is -0.680. The molecule has 1 aromatic heterocycles. The molecule has 0 spiro atoms. The van der Waals surface area contributed by atoms with E-state index in [-0.39, 0.29) is 0 Å². The van der Waals surface area contributed by atoms with Crippen LogP contribution in [0.4, 0.5) is 19.0 Å². The molecule has 1 rings (SSSR count). The van der Waals surface area contributed by atoms with Crippen molar-refractivity contribution >= 4 is 29.0 Å². The summed E-state index contributed by atoms with van der Waals surface area (Å²) >= 11 is 10.6. The lowest BCUT2D eigenvalue weighted by Gasteiger charge is -2.11.